The molecule has 0 aliphatic heterocycles. The summed E-state index contributed by atoms with van der Waals surface area (Å²) in [5, 5.41) is 0.224. The number of sulfonamides is 1. The van der Waals surface area contributed by atoms with Gasteiger partial charge in [-0.3, -0.25) is 0 Å². The molecule has 3 nitrogen and oxygen atoms in total. The van der Waals surface area contributed by atoms with E-state index in [0.29, 0.717) is 8.09 Å². The molecule has 1 aromatic rings. The summed E-state index contributed by atoms with van der Waals surface area (Å²) in [6, 6.07) is 1.22. The molecule has 1 aromatic heterocycles. The van der Waals surface area contributed by atoms with Gasteiger partial charge in [0.15, 0.2) is 0 Å². The van der Waals surface area contributed by atoms with Gasteiger partial charge in [-0.1, -0.05) is 11.6 Å². The van der Waals surface area contributed by atoms with Crippen molar-refractivity contribution in [1.82, 2.24) is 4.31 Å². The zero-order valence-corrected chi connectivity index (χ0v) is 13.5. The van der Waals surface area contributed by atoms with Crippen molar-refractivity contribution in [3.8, 4) is 0 Å². The van der Waals surface area contributed by atoms with Crippen LogP contribution in [0.3, 0.4) is 0 Å². The average molecular weight is 403 g/mol. The van der Waals surface area contributed by atoms with E-state index in [1.54, 1.807) is 0 Å². The minimum Gasteiger partial charge on any atom is -0.209 e. The van der Waals surface area contributed by atoms with Gasteiger partial charge in [-0.25, -0.2) is 17.2 Å². The van der Waals surface area contributed by atoms with Gasteiger partial charge in [0.05, 0.1) is 15.4 Å². The Labute approximate surface area is 126 Å². The van der Waals surface area contributed by atoms with E-state index in [1.807, 2.05) is 0 Å². The molecule has 0 radical (unpaired) electrons. The van der Waals surface area contributed by atoms with Crippen LogP contribution in [0.4, 0.5) is 8.78 Å². The first-order valence-electron chi connectivity index (χ1n) is 4.58. The normalized spacial score (nSPS) is 12.6. The van der Waals surface area contributed by atoms with Crippen LogP contribution < -0.4 is 0 Å². The van der Waals surface area contributed by atoms with Crippen LogP contribution in [0.5, 0.6) is 0 Å². The molecule has 18 heavy (non-hydrogen) atoms. The van der Waals surface area contributed by atoms with Gasteiger partial charge in [-0.15, -0.1) is 22.9 Å². The molecule has 0 aromatic carbocycles. The standard InChI is InChI=1S/C8H8BrCl2F2NO2S2/c9-8-5(11)3-7(17-8)18(15,16)14(2-1-10)4-6(12)13/h3,6H,1-2,4H2. The molecule has 0 amide bonds. The number of nitrogens with zero attached hydrogens (tertiary/aromatic N) is 1. The molecule has 1 heterocycles. The molecule has 0 aliphatic carbocycles. The second-order valence-corrected chi connectivity index (χ2v) is 8.45. The van der Waals surface area contributed by atoms with E-state index in [4.69, 9.17) is 23.2 Å². The number of hydrogen-bond donors (Lipinski definition) is 0. The van der Waals surface area contributed by atoms with Crippen LogP contribution in [0.25, 0.3) is 0 Å². The Morgan fingerprint density at radius 3 is 2.50 bits per heavy atom. The Bertz CT molecular complexity index is 490. The number of alkyl halides is 3. The molecule has 0 spiro atoms. The summed E-state index contributed by atoms with van der Waals surface area (Å²) in [7, 11) is -3.99. The van der Waals surface area contributed by atoms with Crippen molar-refractivity contribution >= 4 is 60.5 Å². The minimum absolute atomic E-state index is 0.0633. The smallest absolute Gasteiger partial charge is 0.209 e. The van der Waals surface area contributed by atoms with Crippen molar-refractivity contribution in [2.24, 2.45) is 0 Å². The van der Waals surface area contributed by atoms with Gasteiger partial charge in [0, 0.05) is 12.4 Å². The van der Waals surface area contributed by atoms with Crippen LogP contribution >= 0.6 is 50.5 Å². The van der Waals surface area contributed by atoms with Gasteiger partial charge in [0.2, 0.25) is 0 Å². The van der Waals surface area contributed by atoms with Crippen molar-refractivity contribution < 1.29 is 17.2 Å². The molecule has 0 bridgehead atoms. The van der Waals surface area contributed by atoms with Crippen LogP contribution in [0.2, 0.25) is 5.02 Å². The molecular weight excluding hydrogens is 395 g/mol. The number of rotatable bonds is 6. The van der Waals surface area contributed by atoms with Crippen molar-refractivity contribution in [3.05, 3.63) is 14.9 Å². The monoisotopic (exact) mass is 401 g/mol. The molecule has 0 atom stereocenters. The van der Waals surface area contributed by atoms with Gasteiger partial charge in [0.1, 0.15) is 4.21 Å². The third-order valence-corrected chi connectivity index (χ3v) is 6.85. The van der Waals surface area contributed by atoms with E-state index in [0.717, 1.165) is 11.3 Å². The van der Waals surface area contributed by atoms with Gasteiger partial charge in [0.25, 0.3) is 16.4 Å². The number of thiophene rings is 1. The molecule has 10 heteroatoms. The molecular formula is C8H8BrCl2F2NO2S2. The van der Waals surface area contributed by atoms with Crippen molar-refractivity contribution in [2.45, 2.75) is 10.6 Å². The highest BCUT2D eigenvalue weighted by atomic mass is 79.9. The van der Waals surface area contributed by atoms with Crippen molar-refractivity contribution in [1.29, 1.82) is 0 Å². The molecule has 0 saturated heterocycles. The second kappa shape index (κ2) is 6.81. The van der Waals surface area contributed by atoms with Gasteiger partial charge < -0.3 is 0 Å². The fourth-order valence-corrected chi connectivity index (χ4v) is 5.42. The summed E-state index contributed by atoms with van der Waals surface area (Å²) in [6.45, 7) is -1.07. The van der Waals surface area contributed by atoms with Crippen LogP contribution in [0.1, 0.15) is 0 Å². The molecule has 1 rings (SSSR count). The third kappa shape index (κ3) is 4.01. The van der Waals surface area contributed by atoms with Gasteiger partial charge in [-0.2, -0.15) is 4.31 Å². The third-order valence-electron chi connectivity index (χ3n) is 1.89. The van der Waals surface area contributed by atoms with Crippen LogP contribution in [0.15, 0.2) is 14.1 Å². The summed E-state index contributed by atoms with van der Waals surface area (Å²) in [6.07, 6.45) is -2.76. The van der Waals surface area contributed by atoms with E-state index >= 15 is 0 Å². The second-order valence-electron chi connectivity index (χ2n) is 3.13. The number of halogens is 5. The summed E-state index contributed by atoms with van der Waals surface area (Å²) in [5.41, 5.74) is 0. The van der Waals surface area contributed by atoms with Gasteiger partial charge in [-0.05, 0) is 22.0 Å². The minimum atomic E-state index is -3.99. The lowest BCUT2D eigenvalue weighted by atomic mass is 10.6. The maximum Gasteiger partial charge on any atom is 0.252 e. The zero-order valence-electron chi connectivity index (χ0n) is 8.75. The lowest BCUT2D eigenvalue weighted by Crippen LogP contribution is -2.36. The Hall–Kier alpha value is 0.530. The lowest BCUT2D eigenvalue weighted by molar-refractivity contribution is 0.121. The first-order chi connectivity index (χ1) is 8.28. The highest BCUT2D eigenvalue weighted by Crippen LogP contribution is 2.36. The Balaban J connectivity index is 3.08. The Morgan fingerprint density at radius 2 is 2.11 bits per heavy atom. The van der Waals surface area contributed by atoms with Crippen LogP contribution in [-0.2, 0) is 10.0 Å². The molecule has 104 valence electrons. The van der Waals surface area contributed by atoms with E-state index in [1.165, 1.54) is 6.07 Å². The van der Waals surface area contributed by atoms with Crippen molar-refractivity contribution in [3.63, 3.8) is 0 Å². The van der Waals surface area contributed by atoms with Crippen LogP contribution in [0, 0.1) is 0 Å². The topological polar surface area (TPSA) is 37.4 Å². The Kier molecular flexibility index (Phi) is 6.27. The molecule has 0 N–H and O–H groups in total. The molecule has 0 saturated carbocycles. The predicted molar refractivity (Wildman–Crippen MR) is 72.5 cm³/mol. The van der Waals surface area contributed by atoms with Crippen LogP contribution in [-0.4, -0.2) is 38.1 Å². The maximum absolute atomic E-state index is 12.4. The average Bonchev–Trinajstić information content (AvgIpc) is 2.59. The lowest BCUT2D eigenvalue weighted by Gasteiger charge is -2.19. The maximum atomic E-state index is 12.4. The molecule has 0 unspecified atom stereocenters. The SMILES string of the molecule is O=S(=O)(c1cc(Cl)c(Br)s1)N(CCCl)CC(F)F. The van der Waals surface area contributed by atoms with E-state index in [2.05, 4.69) is 15.9 Å². The van der Waals surface area contributed by atoms with E-state index < -0.39 is 23.0 Å². The number of hydrogen-bond acceptors (Lipinski definition) is 3. The summed E-state index contributed by atoms with van der Waals surface area (Å²) in [4.78, 5) is 0. The zero-order chi connectivity index (χ0) is 13.9. The first-order valence-corrected chi connectivity index (χ1v) is 8.54. The highest BCUT2D eigenvalue weighted by Gasteiger charge is 2.29. The fraction of sp³-hybridized carbons (Fsp3) is 0.500. The first kappa shape index (κ1) is 16.6. The molecule has 0 aliphatic rings. The largest absolute Gasteiger partial charge is 0.252 e. The fourth-order valence-electron chi connectivity index (χ4n) is 1.14. The molecule has 0 fully saturated rings. The van der Waals surface area contributed by atoms with Gasteiger partial charge >= 0.3 is 0 Å². The van der Waals surface area contributed by atoms with E-state index in [-0.39, 0.29) is 21.7 Å². The summed E-state index contributed by atoms with van der Waals surface area (Å²) < 4.78 is 49.9. The summed E-state index contributed by atoms with van der Waals surface area (Å²) >= 11 is 15.1. The quantitative estimate of drug-likeness (QED) is 0.681. The highest BCUT2D eigenvalue weighted by molar-refractivity contribution is 9.11. The van der Waals surface area contributed by atoms with Crippen molar-refractivity contribution in [2.75, 3.05) is 19.0 Å². The Morgan fingerprint density at radius 1 is 1.50 bits per heavy atom. The summed E-state index contributed by atoms with van der Waals surface area (Å²) in [5.74, 6) is -0.0633. The van der Waals surface area contributed by atoms with E-state index in [9.17, 15) is 17.2 Å². The predicted octanol–water partition coefficient (Wildman–Crippen LogP) is 3.66.